The lowest BCUT2D eigenvalue weighted by atomic mass is 10.2. The summed E-state index contributed by atoms with van der Waals surface area (Å²) in [6.45, 7) is 5.24. The van der Waals surface area contributed by atoms with E-state index in [1.807, 2.05) is 49.4 Å². The zero-order valence-electron chi connectivity index (χ0n) is 20.1. The minimum atomic E-state index is -0.172. The molecular formula is C26H28ClN7O2. The molecule has 2 aromatic heterocycles. The highest BCUT2D eigenvalue weighted by Crippen LogP contribution is 2.26. The number of hydrogen-bond donors (Lipinski definition) is 5. The van der Waals surface area contributed by atoms with Crippen molar-refractivity contribution >= 4 is 46.0 Å². The quantitative estimate of drug-likeness (QED) is 0.208. The number of nitrogens with one attached hydrogen (secondary N) is 5. The van der Waals surface area contributed by atoms with Gasteiger partial charge in [-0.1, -0.05) is 29.8 Å². The number of H-pyrrole nitrogens is 1. The zero-order chi connectivity index (χ0) is 25.5. The molecule has 0 saturated carbocycles. The summed E-state index contributed by atoms with van der Waals surface area (Å²) in [7, 11) is 0. The number of carbonyl (C=O) groups is 2. The Morgan fingerprint density at radius 1 is 0.889 bits per heavy atom. The summed E-state index contributed by atoms with van der Waals surface area (Å²) in [5.41, 5.74) is 3.09. The van der Waals surface area contributed by atoms with Crippen LogP contribution in [0.15, 0.2) is 54.6 Å². The van der Waals surface area contributed by atoms with Crippen LogP contribution in [-0.4, -0.2) is 52.9 Å². The maximum absolute atomic E-state index is 12.6. The summed E-state index contributed by atoms with van der Waals surface area (Å²) in [5.74, 6) is 1.58. The smallest absolute Gasteiger partial charge is 0.267 e. The van der Waals surface area contributed by atoms with Crippen LogP contribution in [0.5, 0.6) is 0 Å². The van der Waals surface area contributed by atoms with Gasteiger partial charge in [0.05, 0.1) is 0 Å². The lowest BCUT2D eigenvalue weighted by molar-refractivity contribution is -0.118. The van der Waals surface area contributed by atoms with Crippen molar-refractivity contribution in [2.75, 3.05) is 36.8 Å². The molecule has 9 nitrogen and oxygen atoms in total. The maximum atomic E-state index is 12.6. The van der Waals surface area contributed by atoms with Crippen LogP contribution in [0, 0.1) is 6.92 Å². The van der Waals surface area contributed by atoms with Crippen LogP contribution in [-0.2, 0) is 4.79 Å². The minimum Gasteiger partial charge on any atom is -0.368 e. The average Bonchev–Trinajstić information content (AvgIpc) is 3.31. The van der Waals surface area contributed by atoms with Crippen LogP contribution in [0.2, 0.25) is 5.02 Å². The largest absolute Gasteiger partial charge is 0.368 e. The first-order valence-corrected chi connectivity index (χ1v) is 12.0. The molecule has 2 heterocycles. The first-order chi connectivity index (χ1) is 17.4. The molecule has 0 aliphatic carbocycles. The fourth-order valence-electron chi connectivity index (χ4n) is 3.66. The Balaban J connectivity index is 1.43. The number of halogens is 1. The van der Waals surface area contributed by atoms with Gasteiger partial charge in [0.15, 0.2) is 5.82 Å². The van der Waals surface area contributed by atoms with Crippen molar-refractivity contribution in [2.24, 2.45) is 0 Å². The molecule has 0 saturated heterocycles. The zero-order valence-corrected chi connectivity index (χ0v) is 20.9. The second kappa shape index (κ2) is 11.5. The fraction of sp³-hybridized carbons (Fsp3) is 0.231. The van der Waals surface area contributed by atoms with E-state index in [0.29, 0.717) is 54.4 Å². The van der Waals surface area contributed by atoms with Gasteiger partial charge in [-0.25, -0.2) is 9.97 Å². The third-order valence-electron chi connectivity index (χ3n) is 5.52. The minimum absolute atomic E-state index is 0.0880. The highest BCUT2D eigenvalue weighted by Gasteiger charge is 2.13. The number of fused-ring (bicyclic) bond motifs is 1. The van der Waals surface area contributed by atoms with Gasteiger partial charge in [-0.2, -0.15) is 0 Å². The van der Waals surface area contributed by atoms with Gasteiger partial charge in [0, 0.05) is 60.2 Å². The van der Waals surface area contributed by atoms with Crippen molar-refractivity contribution in [1.29, 1.82) is 0 Å². The van der Waals surface area contributed by atoms with Crippen LogP contribution in [0.3, 0.4) is 0 Å². The van der Waals surface area contributed by atoms with Crippen molar-refractivity contribution in [2.45, 2.75) is 13.8 Å². The van der Waals surface area contributed by atoms with E-state index in [1.165, 1.54) is 6.92 Å². The van der Waals surface area contributed by atoms with Crippen LogP contribution in [0.1, 0.15) is 23.0 Å². The van der Waals surface area contributed by atoms with Gasteiger partial charge in [-0.05, 0) is 43.3 Å². The van der Waals surface area contributed by atoms with E-state index in [9.17, 15) is 9.59 Å². The normalized spacial score (nSPS) is 10.8. The lowest BCUT2D eigenvalue weighted by Gasteiger charge is -2.16. The number of aromatic amines is 1. The van der Waals surface area contributed by atoms with E-state index in [-0.39, 0.29) is 11.8 Å². The van der Waals surface area contributed by atoms with Crippen molar-refractivity contribution in [3.8, 4) is 11.4 Å². The number of nitrogens with zero attached hydrogens (tertiary/aromatic N) is 2. The molecule has 0 aliphatic heterocycles. The summed E-state index contributed by atoms with van der Waals surface area (Å²) in [6.07, 6.45) is 0. The Morgan fingerprint density at radius 3 is 2.17 bits per heavy atom. The van der Waals surface area contributed by atoms with Crippen molar-refractivity contribution < 1.29 is 9.59 Å². The molecule has 36 heavy (non-hydrogen) atoms. The van der Waals surface area contributed by atoms with Gasteiger partial charge in [0.2, 0.25) is 5.91 Å². The van der Waals surface area contributed by atoms with E-state index < -0.39 is 0 Å². The Kier molecular flexibility index (Phi) is 8.02. The molecule has 0 fully saturated rings. The van der Waals surface area contributed by atoms with E-state index in [2.05, 4.69) is 31.2 Å². The van der Waals surface area contributed by atoms with Gasteiger partial charge >= 0.3 is 0 Å². The van der Waals surface area contributed by atoms with Gasteiger partial charge in [-0.3, -0.25) is 9.59 Å². The number of anilines is 2. The first-order valence-electron chi connectivity index (χ1n) is 11.6. The number of para-hydroxylation sites is 1. The molecule has 0 atom stereocenters. The van der Waals surface area contributed by atoms with Gasteiger partial charge < -0.3 is 26.3 Å². The summed E-state index contributed by atoms with van der Waals surface area (Å²) >= 11 is 6.04. The number of amides is 2. The van der Waals surface area contributed by atoms with Crippen molar-refractivity contribution in [3.63, 3.8) is 0 Å². The number of rotatable bonds is 10. The standard InChI is InChI=1S/C26H28ClN7O2/c1-16-23(29-12-11-28-17(2)35)33-25(18-7-9-20(27)10-8-18)34-24(16)30-13-14-31-26(36)22-15-19-5-3-4-6-21(19)32-22/h3-10,15,32H,11-14H2,1-2H3,(H,28,35)(H,31,36)(H2,29,30,33,34). The highest BCUT2D eigenvalue weighted by molar-refractivity contribution is 6.30. The molecule has 2 amide bonds. The predicted molar refractivity (Wildman–Crippen MR) is 144 cm³/mol. The van der Waals surface area contributed by atoms with Crippen molar-refractivity contribution in [1.82, 2.24) is 25.6 Å². The topological polar surface area (TPSA) is 124 Å². The van der Waals surface area contributed by atoms with E-state index in [1.54, 1.807) is 12.1 Å². The van der Waals surface area contributed by atoms with E-state index in [0.717, 1.165) is 22.0 Å². The molecule has 10 heteroatoms. The molecule has 0 unspecified atom stereocenters. The maximum Gasteiger partial charge on any atom is 0.267 e. The molecule has 4 rings (SSSR count). The van der Waals surface area contributed by atoms with Gasteiger partial charge in [0.1, 0.15) is 17.3 Å². The average molecular weight is 506 g/mol. The number of hydrogen-bond acceptors (Lipinski definition) is 6. The summed E-state index contributed by atoms with van der Waals surface area (Å²) in [5, 5.41) is 13.9. The first kappa shape index (κ1) is 25.0. The number of aromatic nitrogens is 3. The third kappa shape index (κ3) is 6.31. The molecule has 5 N–H and O–H groups in total. The second-order valence-corrected chi connectivity index (χ2v) is 8.68. The van der Waals surface area contributed by atoms with Crippen LogP contribution in [0.4, 0.5) is 11.6 Å². The van der Waals surface area contributed by atoms with Crippen LogP contribution in [0.25, 0.3) is 22.3 Å². The second-order valence-electron chi connectivity index (χ2n) is 8.24. The monoisotopic (exact) mass is 505 g/mol. The van der Waals surface area contributed by atoms with Crippen LogP contribution >= 0.6 is 11.6 Å². The molecule has 0 radical (unpaired) electrons. The van der Waals surface area contributed by atoms with Crippen molar-refractivity contribution in [3.05, 3.63) is 70.9 Å². The Bertz CT molecular complexity index is 1340. The Labute approximate surface area is 214 Å². The molecule has 0 bridgehead atoms. The molecule has 4 aromatic rings. The fourth-order valence-corrected chi connectivity index (χ4v) is 3.78. The number of carbonyl (C=O) groups excluding carboxylic acids is 2. The summed E-state index contributed by atoms with van der Waals surface area (Å²) in [4.78, 5) is 36.2. The number of benzene rings is 2. The lowest BCUT2D eigenvalue weighted by Crippen LogP contribution is -2.29. The van der Waals surface area contributed by atoms with Gasteiger partial charge in [-0.15, -0.1) is 0 Å². The Morgan fingerprint density at radius 2 is 1.53 bits per heavy atom. The third-order valence-corrected chi connectivity index (χ3v) is 5.77. The van der Waals surface area contributed by atoms with Gasteiger partial charge in [0.25, 0.3) is 5.91 Å². The Hall–Kier alpha value is -4.11. The molecule has 0 spiro atoms. The van der Waals surface area contributed by atoms with E-state index in [4.69, 9.17) is 16.6 Å². The summed E-state index contributed by atoms with van der Waals surface area (Å²) < 4.78 is 0. The summed E-state index contributed by atoms with van der Waals surface area (Å²) in [6, 6.07) is 16.9. The van der Waals surface area contributed by atoms with Crippen LogP contribution < -0.4 is 21.3 Å². The van der Waals surface area contributed by atoms with E-state index >= 15 is 0 Å². The SMILES string of the molecule is CC(=O)NCCNc1nc(-c2ccc(Cl)cc2)nc(NCCNC(=O)c2cc3ccccc3[nH]2)c1C. The molecule has 0 aliphatic rings. The predicted octanol–water partition coefficient (Wildman–Crippen LogP) is 3.98. The highest BCUT2D eigenvalue weighted by atomic mass is 35.5. The molecular weight excluding hydrogens is 478 g/mol. The molecule has 2 aromatic carbocycles. The molecule has 186 valence electrons.